The summed E-state index contributed by atoms with van der Waals surface area (Å²) in [4.78, 5) is 24.6. The van der Waals surface area contributed by atoms with E-state index in [-0.39, 0.29) is 22.3 Å². The third-order valence-corrected chi connectivity index (χ3v) is 5.03. The molecular weight excluding hydrogens is 341 g/mol. The van der Waals surface area contributed by atoms with Crippen LogP contribution in [0.15, 0.2) is 29.2 Å². The van der Waals surface area contributed by atoms with E-state index in [1.165, 1.54) is 6.07 Å². The molecular formula is C16H9F3N2O2S. The van der Waals surface area contributed by atoms with Crippen molar-refractivity contribution in [2.24, 2.45) is 0 Å². The average Bonchev–Trinajstić information content (AvgIpc) is 2.95. The molecule has 3 amide bonds. The van der Waals surface area contributed by atoms with Crippen molar-refractivity contribution in [1.29, 1.82) is 0 Å². The maximum Gasteiger partial charge on any atom is 0.322 e. The zero-order chi connectivity index (χ0) is 17.2. The van der Waals surface area contributed by atoms with E-state index in [1.54, 1.807) is 6.26 Å². The number of carbonyl (C=O) groups excluding carboxylic acids is 2. The minimum atomic E-state index is -1.84. The van der Waals surface area contributed by atoms with Crippen LogP contribution in [0.2, 0.25) is 0 Å². The van der Waals surface area contributed by atoms with Crippen LogP contribution in [-0.4, -0.2) is 18.2 Å². The van der Waals surface area contributed by atoms with Crippen molar-refractivity contribution in [2.45, 2.75) is 10.4 Å². The largest absolute Gasteiger partial charge is 0.322 e. The van der Waals surface area contributed by atoms with Crippen LogP contribution in [0.1, 0.15) is 11.1 Å². The van der Waals surface area contributed by atoms with E-state index in [0.29, 0.717) is 11.0 Å². The van der Waals surface area contributed by atoms with Crippen LogP contribution in [0.25, 0.3) is 11.1 Å². The Hall–Kier alpha value is -2.48. The highest BCUT2D eigenvalue weighted by Crippen LogP contribution is 2.53. The molecule has 4 nitrogen and oxygen atoms in total. The molecule has 1 saturated heterocycles. The predicted octanol–water partition coefficient (Wildman–Crippen LogP) is 2.89. The van der Waals surface area contributed by atoms with E-state index >= 15 is 0 Å². The lowest BCUT2D eigenvalue weighted by molar-refractivity contribution is -0.122. The number of nitrogens with one attached hydrogen (secondary N) is 2. The molecule has 1 atom stereocenters. The highest BCUT2D eigenvalue weighted by Gasteiger charge is 2.56. The lowest BCUT2D eigenvalue weighted by Gasteiger charge is -2.23. The quantitative estimate of drug-likeness (QED) is 0.614. The van der Waals surface area contributed by atoms with Crippen LogP contribution in [0.5, 0.6) is 0 Å². The Balaban J connectivity index is 2.19. The van der Waals surface area contributed by atoms with E-state index in [4.69, 9.17) is 0 Å². The number of thioether (sulfide) groups is 1. The number of hydrogen-bond donors (Lipinski definition) is 2. The molecule has 1 spiro atoms. The number of carbonyl (C=O) groups is 2. The van der Waals surface area contributed by atoms with Gasteiger partial charge in [0, 0.05) is 33.2 Å². The first kappa shape index (κ1) is 15.1. The number of fused-ring (bicyclic) bond motifs is 5. The molecule has 1 aliphatic heterocycles. The van der Waals surface area contributed by atoms with E-state index in [9.17, 15) is 22.8 Å². The molecule has 8 heteroatoms. The van der Waals surface area contributed by atoms with Crippen LogP contribution in [0, 0.1) is 17.5 Å². The molecule has 1 heterocycles. The molecule has 2 aliphatic rings. The fraction of sp³-hybridized carbons (Fsp3) is 0.125. The van der Waals surface area contributed by atoms with E-state index in [0.717, 1.165) is 23.9 Å². The normalized spacial score (nSPS) is 20.8. The fourth-order valence-electron chi connectivity index (χ4n) is 3.40. The van der Waals surface area contributed by atoms with Gasteiger partial charge in [-0.25, -0.2) is 18.0 Å². The summed E-state index contributed by atoms with van der Waals surface area (Å²) >= 11 is 1.16. The van der Waals surface area contributed by atoms with Crippen molar-refractivity contribution < 1.29 is 22.8 Å². The Morgan fingerprint density at radius 1 is 0.958 bits per heavy atom. The third kappa shape index (κ3) is 1.71. The Kier molecular flexibility index (Phi) is 2.99. The number of imide groups is 1. The zero-order valence-electron chi connectivity index (χ0n) is 12.2. The minimum Gasteiger partial charge on any atom is -0.316 e. The first-order valence-corrected chi connectivity index (χ1v) is 8.12. The summed E-state index contributed by atoms with van der Waals surface area (Å²) in [5.74, 6) is -3.20. The van der Waals surface area contributed by atoms with Crippen LogP contribution in [-0.2, 0) is 10.3 Å². The van der Waals surface area contributed by atoms with Gasteiger partial charge in [0.05, 0.1) is 0 Å². The van der Waals surface area contributed by atoms with Crippen LogP contribution in [0.4, 0.5) is 18.0 Å². The Bertz CT molecular complexity index is 947. The van der Waals surface area contributed by atoms with Gasteiger partial charge in [-0.05, 0) is 24.5 Å². The van der Waals surface area contributed by atoms with Crippen LogP contribution >= 0.6 is 11.8 Å². The van der Waals surface area contributed by atoms with Gasteiger partial charge in [0.15, 0.2) is 5.54 Å². The number of hydrogen-bond acceptors (Lipinski definition) is 3. The van der Waals surface area contributed by atoms with E-state index in [1.807, 2.05) is 0 Å². The van der Waals surface area contributed by atoms with Crippen molar-refractivity contribution in [3.63, 3.8) is 0 Å². The van der Waals surface area contributed by atoms with E-state index in [2.05, 4.69) is 10.6 Å². The minimum absolute atomic E-state index is 0.00639. The Morgan fingerprint density at radius 2 is 1.58 bits per heavy atom. The van der Waals surface area contributed by atoms with Gasteiger partial charge in [-0.2, -0.15) is 0 Å². The molecule has 0 radical (unpaired) electrons. The first-order chi connectivity index (χ1) is 11.4. The van der Waals surface area contributed by atoms with Gasteiger partial charge >= 0.3 is 6.03 Å². The molecule has 1 unspecified atom stereocenters. The fourth-order valence-corrected chi connectivity index (χ4v) is 4.05. The lowest BCUT2D eigenvalue weighted by Crippen LogP contribution is -2.43. The molecule has 2 N–H and O–H groups in total. The number of rotatable bonds is 1. The molecule has 0 saturated carbocycles. The van der Waals surface area contributed by atoms with Gasteiger partial charge in [-0.3, -0.25) is 10.1 Å². The predicted molar refractivity (Wildman–Crippen MR) is 81.0 cm³/mol. The lowest BCUT2D eigenvalue weighted by atomic mass is 9.87. The molecule has 0 bridgehead atoms. The molecule has 0 aromatic heterocycles. The van der Waals surface area contributed by atoms with Gasteiger partial charge < -0.3 is 5.32 Å². The highest BCUT2D eigenvalue weighted by atomic mass is 32.2. The van der Waals surface area contributed by atoms with Crippen molar-refractivity contribution in [1.82, 2.24) is 10.6 Å². The van der Waals surface area contributed by atoms with Crippen LogP contribution in [0.3, 0.4) is 0 Å². The molecule has 2 aromatic carbocycles. The molecule has 122 valence electrons. The van der Waals surface area contributed by atoms with Crippen molar-refractivity contribution in [3.8, 4) is 11.1 Å². The summed E-state index contributed by atoms with van der Waals surface area (Å²) in [5.41, 5.74) is -1.51. The number of amides is 3. The summed E-state index contributed by atoms with van der Waals surface area (Å²) in [5, 5.41) is 4.48. The highest BCUT2D eigenvalue weighted by molar-refractivity contribution is 7.98. The van der Waals surface area contributed by atoms with Crippen LogP contribution < -0.4 is 10.6 Å². The maximum atomic E-state index is 14.5. The monoisotopic (exact) mass is 350 g/mol. The van der Waals surface area contributed by atoms with Crippen molar-refractivity contribution in [2.75, 3.05) is 6.26 Å². The Labute approximate surface area is 138 Å². The summed E-state index contributed by atoms with van der Waals surface area (Å²) in [6.45, 7) is 0. The standard InChI is InChI=1S/C16H9F3N2O2S/c1-24-11-5-7(18)3-9-13(11)12-8(2-6(17)4-10(12)19)16(9)14(22)20-15(23)21-16/h2-5H,1H3,(H2,20,21,22,23). The zero-order valence-corrected chi connectivity index (χ0v) is 13.0. The van der Waals surface area contributed by atoms with E-state index < -0.39 is 34.9 Å². The average molecular weight is 350 g/mol. The number of urea groups is 1. The van der Waals surface area contributed by atoms with Gasteiger partial charge in [-0.15, -0.1) is 11.8 Å². The molecule has 2 aromatic rings. The SMILES string of the molecule is CSc1cc(F)cc2c1-c1c(F)cc(F)cc1C21NC(=O)NC1=O. The molecule has 1 fully saturated rings. The third-order valence-electron chi connectivity index (χ3n) is 4.27. The summed E-state index contributed by atoms with van der Waals surface area (Å²) < 4.78 is 42.4. The molecule has 4 rings (SSSR count). The maximum absolute atomic E-state index is 14.5. The molecule has 1 aliphatic carbocycles. The van der Waals surface area contributed by atoms with Gasteiger partial charge in [0.2, 0.25) is 0 Å². The first-order valence-electron chi connectivity index (χ1n) is 6.90. The number of benzene rings is 2. The van der Waals surface area contributed by atoms with Gasteiger partial charge in [0.25, 0.3) is 5.91 Å². The second kappa shape index (κ2) is 4.76. The second-order valence-electron chi connectivity index (χ2n) is 5.50. The van der Waals surface area contributed by atoms with Crippen molar-refractivity contribution in [3.05, 3.63) is 52.8 Å². The summed E-state index contributed by atoms with van der Waals surface area (Å²) in [6.07, 6.45) is 1.68. The second-order valence-corrected chi connectivity index (χ2v) is 6.35. The smallest absolute Gasteiger partial charge is 0.316 e. The molecule has 24 heavy (non-hydrogen) atoms. The van der Waals surface area contributed by atoms with Crippen molar-refractivity contribution >= 4 is 23.7 Å². The Morgan fingerprint density at radius 3 is 2.17 bits per heavy atom. The number of halogens is 3. The van der Waals surface area contributed by atoms with Gasteiger partial charge in [0.1, 0.15) is 17.5 Å². The van der Waals surface area contributed by atoms with Gasteiger partial charge in [-0.1, -0.05) is 0 Å². The topological polar surface area (TPSA) is 58.2 Å². The summed E-state index contributed by atoms with van der Waals surface area (Å²) in [7, 11) is 0. The summed E-state index contributed by atoms with van der Waals surface area (Å²) in [6, 6.07) is 3.16.